The SMILES string of the molecule is N#Cc1cc(-c2ccc3ncncc3c2)ccn1. The molecule has 0 aliphatic heterocycles. The number of nitrogens with zero attached hydrogens (tertiary/aromatic N) is 4. The van der Waals surface area contributed by atoms with Gasteiger partial charge in [-0.25, -0.2) is 15.0 Å². The van der Waals surface area contributed by atoms with Crippen molar-refractivity contribution < 1.29 is 0 Å². The van der Waals surface area contributed by atoms with Crippen LogP contribution >= 0.6 is 0 Å². The van der Waals surface area contributed by atoms with Gasteiger partial charge in [0.25, 0.3) is 0 Å². The summed E-state index contributed by atoms with van der Waals surface area (Å²) >= 11 is 0. The van der Waals surface area contributed by atoms with E-state index in [1.807, 2.05) is 30.3 Å². The summed E-state index contributed by atoms with van der Waals surface area (Å²) in [5.74, 6) is 0. The third kappa shape index (κ3) is 1.78. The van der Waals surface area contributed by atoms with Gasteiger partial charge in [0.2, 0.25) is 0 Å². The molecule has 3 aromatic rings. The molecule has 0 radical (unpaired) electrons. The van der Waals surface area contributed by atoms with Gasteiger partial charge in [0, 0.05) is 17.8 Å². The van der Waals surface area contributed by atoms with E-state index in [4.69, 9.17) is 5.26 Å². The highest BCUT2D eigenvalue weighted by Gasteiger charge is 2.02. The quantitative estimate of drug-likeness (QED) is 0.646. The molecule has 0 bridgehead atoms. The van der Waals surface area contributed by atoms with E-state index in [0.717, 1.165) is 22.0 Å². The summed E-state index contributed by atoms with van der Waals surface area (Å²) in [6.45, 7) is 0. The third-order valence-electron chi connectivity index (χ3n) is 2.71. The van der Waals surface area contributed by atoms with Gasteiger partial charge in [0.15, 0.2) is 0 Å². The molecule has 4 heteroatoms. The molecule has 3 rings (SSSR count). The van der Waals surface area contributed by atoms with Crippen LogP contribution in [0, 0.1) is 11.3 Å². The highest BCUT2D eigenvalue weighted by atomic mass is 14.8. The predicted octanol–water partition coefficient (Wildman–Crippen LogP) is 2.56. The lowest BCUT2D eigenvalue weighted by Gasteiger charge is -2.03. The molecule has 0 spiro atoms. The Kier molecular flexibility index (Phi) is 2.43. The lowest BCUT2D eigenvalue weighted by molar-refractivity contribution is 1.22. The van der Waals surface area contributed by atoms with Crippen LogP contribution in [-0.2, 0) is 0 Å². The van der Waals surface area contributed by atoms with Crippen LogP contribution in [0.2, 0.25) is 0 Å². The van der Waals surface area contributed by atoms with Crippen LogP contribution < -0.4 is 0 Å². The van der Waals surface area contributed by atoms with Gasteiger partial charge in [-0.05, 0) is 35.4 Å². The number of hydrogen-bond donors (Lipinski definition) is 0. The fourth-order valence-electron chi connectivity index (χ4n) is 1.84. The Morgan fingerprint density at radius 1 is 1.00 bits per heavy atom. The molecule has 2 aromatic heterocycles. The number of pyridine rings is 1. The number of nitriles is 1. The van der Waals surface area contributed by atoms with E-state index in [-0.39, 0.29) is 0 Å². The molecule has 0 aliphatic carbocycles. The smallest absolute Gasteiger partial charge is 0.141 e. The van der Waals surface area contributed by atoms with Crippen molar-refractivity contribution in [2.24, 2.45) is 0 Å². The van der Waals surface area contributed by atoms with Crippen LogP contribution in [0.1, 0.15) is 5.69 Å². The van der Waals surface area contributed by atoms with Crippen molar-refractivity contribution in [2.75, 3.05) is 0 Å². The Hall–Kier alpha value is -2.80. The molecule has 0 unspecified atom stereocenters. The van der Waals surface area contributed by atoms with Gasteiger partial charge in [0.05, 0.1) is 5.52 Å². The van der Waals surface area contributed by atoms with Crippen molar-refractivity contribution in [1.29, 1.82) is 5.26 Å². The van der Waals surface area contributed by atoms with Crippen molar-refractivity contribution in [3.8, 4) is 17.2 Å². The standard InChI is InChI=1S/C14H8N4/c15-7-13-6-11(3-4-17-13)10-1-2-14-12(5-10)8-16-9-18-14/h1-6,8-9H. The summed E-state index contributed by atoms with van der Waals surface area (Å²) in [5.41, 5.74) is 3.31. The molecule has 1 aromatic carbocycles. The maximum absolute atomic E-state index is 8.85. The molecule has 18 heavy (non-hydrogen) atoms. The van der Waals surface area contributed by atoms with E-state index >= 15 is 0 Å². The molecular formula is C14H8N4. The largest absolute Gasteiger partial charge is 0.246 e. The maximum atomic E-state index is 8.85. The van der Waals surface area contributed by atoms with E-state index in [0.29, 0.717) is 5.69 Å². The molecule has 0 fully saturated rings. The number of benzene rings is 1. The van der Waals surface area contributed by atoms with Crippen molar-refractivity contribution in [1.82, 2.24) is 15.0 Å². The van der Waals surface area contributed by atoms with Crippen molar-refractivity contribution >= 4 is 10.9 Å². The molecule has 0 atom stereocenters. The van der Waals surface area contributed by atoms with Crippen molar-refractivity contribution in [3.05, 3.63) is 54.7 Å². The highest BCUT2D eigenvalue weighted by molar-refractivity contribution is 5.83. The second-order valence-electron chi connectivity index (χ2n) is 3.84. The first-order valence-electron chi connectivity index (χ1n) is 5.43. The Morgan fingerprint density at radius 2 is 1.89 bits per heavy atom. The Morgan fingerprint density at radius 3 is 2.78 bits per heavy atom. The van der Waals surface area contributed by atoms with E-state index in [2.05, 4.69) is 15.0 Å². The zero-order valence-corrected chi connectivity index (χ0v) is 9.41. The van der Waals surface area contributed by atoms with Crippen LogP contribution in [-0.4, -0.2) is 15.0 Å². The van der Waals surface area contributed by atoms with Crippen LogP contribution in [0.5, 0.6) is 0 Å². The van der Waals surface area contributed by atoms with Gasteiger partial charge < -0.3 is 0 Å². The van der Waals surface area contributed by atoms with Gasteiger partial charge in [-0.1, -0.05) is 6.07 Å². The molecule has 0 saturated carbocycles. The molecule has 2 heterocycles. The van der Waals surface area contributed by atoms with Crippen molar-refractivity contribution in [2.45, 2.75) is 0 Å². The Bertz CT molecular complexity index is 759. The van der Waals surface area contributed by atoms with Gasteiger partial charge >= 0.3 is 0 Å². The molecule has 0 N–H and O–H groups in total. The average Bonchev–Trinajstić information content (AvgIpc) is 2.47. The van der Waals surface area contributed by atoms with Gasteiger partial charge in [-0.2, -0.15) is 5.26 Å². The van der Waals surface area contributed by atoms with Crippen LogP contribution in [0.15, 0.2) is 49.1 Å². The number of hydrogen-bond acceptors (Lipinski definition) is 4. The van der Waals surface area contributed by atoms with Crippen LogP contribution in [0.3, 0.4) is 0 Å². The molecular weight excluding hydrogens is 224 g/mol. The molecule has 0 saturated heterocycles. The molecule has 84 valence electrons. The van der Waals surface area contributed by atoms with Gasteiger partial charge in [0.1, 0.15) is 18.1 Å². The first-order valence-corrected chi connectivity index (χ1v) is 5.43. The first-order chi connectivity index (χ1) is 8.86. The molecule has 0 aliphatic rings. The van der Waals surface area contributed by atoms with E-state index in [9.17, 15) is 0 Å². The zero-order chi connectivity index (χ0) is 12.4. The average molecular weight is 232 g/mol. The summed E-state index contributed by atoms with van der Waals surface area (Å²) in [5, 5.41) is 9.83. The third-order valence-corrected chi connectivity index (χ3v) is 2.71. The summed E-state index contributed by atoms with van der Waals surface area (Å²) in [4.78, 5) is 12.1. The highest BCUT2D eigenvalue weighted by Crippen LogP contribution is 2.23. The normalized spacial score (nSPS) is 10.2. The van der Waals surface area contributed by atoms with Crippen molar-refractivity contribution in [3.63, 3.8) is 0 Å². The number of fused-ring (bicyclic) bond motifs is 1. The van der Waals surface area contributed by atoms with Gasteiger partial charge in [-0.15, -0.1) is 0 Å². The summed E-state index contributed by atoms with van der Waals surface area (Å²) in [6.07, 6.45) is 4.94. The zero-order valence-electron chi connectivity index (χ0n) is 9.41. The summed E-state index contributed by atoms with van der Waals surface area (Å²) in [6, 6.07) is 11.6. The van der Waals surface area contributed by atoms with Crippen LogP contribution in [0.25, 0.3) is 22.0 Å². The fraction of sp³-hybridized carbons (Fsp3) is 0. The van der Waals surface area contributed by atoms with Gasteiger partial charge in [-0.3, -0.25) is 0 Å². The first kappa shape index (κ1) is 10.4. The minimum absolute atomic E-state index is 0.414. The lowest BCUT2D eigenvalue weighted by atomic mass is 10.0. The van der Waals surface area contributed by atoms with E-state index in [1.54, 1.807) is 18.5 Å². The fourth-order valence-corrected chi connectivity index (χ4v) is 1.84. The van der Waals surface area contributed by atoms with E-state index in [1.165, 1.54) is 6.33 Å². The number of rotatable bonds is 1. The summed E-state index contributed by atoms with van der Waals surface area (Å²) < 4.78 is 0. The predicted molar refractivity (Wildman–Crippen MR) is 67.5 cm³/mol. The monoisotopic (exact) mass is 232 g/mol. The minimum Gasteiger partial charge on any atom is -0.246 e. The van der Waals surface area contributed by atoms with Crippen LogP contribution in [0.4, 0.5) is 0 Å². The van der Waals surface area contributed by atoms with E-state index < -0.39 is 0 Å². The summed E-state index contributed by atoms with van der Waals surface area (Å²) in [7, 11) is 0. The molecule has 4 nitrogen and oxygen atoms in total. The Balaban J connectivity index is 2.16. The number of aromatic nitrogens is 3. The topological polar surface area (TPSA) is 62.5 Å². The minimum atomic E-state index is 0.414. The molecule has 0 amide bonds. The lowest BCUT2D eigenvalue weighted by Crippen LogP contribution is -1.86. The second-order valence-corrected chi connectivity index (χ2v) is 3.84. The second kappa shape index (κ2) is 4.22. The Labute approximate surface area is 104 Å². The maximum Gasteiger partial charge on any atom is 0.141 e.